The topological polar surface area (TPSA) is 20.2 Å². The first kappa shape index (κ1) is 31.8. The van der Waals surface area contributed by atoms with E-state index in [0.717, 1.165) is 86.1 Å². The normalized spacial score (nSPS) is 13.2. The van der Waals surface area contributed by atoms with Gasteiger partial charge in [-0.15, -0.1) is 0 Å². The fourth-order valence-corrected chi connectivity index (χ4v) is 5.36. The predicted octanol–water partition coefficient (Wildman–Crippen LogP) is 11.4. The highest BCUT2D eigenvalue weighted by atomic mass is 19.4. The third-order valence-electron chi connectivity index (χ3n) is 7.75. The second kappa shape index (κ2) is 14.8. The first-order valence-electron chi connectivity index (χ1n) is 14.4. The van der Waals surface area contributed by atoms with E-state index >= 15 is 0 Å². The van der Waals surface area contributed by atoms with Crippen molar-refractivity contribution in [2.75, 3.05) is 0 Å². The van der Waals surface area contributed by atoms with Gasteiger partial charge >= 0.3 is 12.1 Å². The number of phenols is 1. The highest BCUT2D eigenvalue weighted by Crippen LogP contribution is 2.39. The van der Waals surface area contributed by atoms with Crippen molar-refractivity contribution in [3.63, 3.8) is 0 Å². The molecule has 1 atom stereocenters. The van der Waals surface area contributed by atoms with Crippen molar-refractivity contribution >= 4 is 10.8 Å². The maximum atomic E-state index is 13.5. The predicted molar refractivity (Wildman–Crippen MR) is 150 cm³/mol. The van der Waals surface area contributed by atoms with Crippen molar-refractivity contribution in [3.05, 3.63) is 66.0 Å². The summed E-state index contributed by atoms with van der Waals surface area (Å²) >= 11 is 0. The molecule has 0 radical (unpaired) electrons. The number of aryl methyl sites for hydroxylation is 1. The second-order valence-corrected chi connectivity index (χ2v) is 11.1. The van der Waals surface area contributed by atoms with Crippen LogP contribution in [-0.4, -0.2) is 17.2 Å². The molecular weight excluding hydrogens is 526 g/mol. The molecule has 0 saturated heterocycles. The lowest BCUT2D eigenvalue weighted by atomic mass is 9.90. The van der Waals surface area contributed by atoms with Gasteiger partial charge in [0, 0.05) is 6.42 Å². The summed E-state index contributed by atoms with van der Waals surface area (Å²) in [6.45, 7) is 1.92. The molecule has 220 valence electrons. The van der Waals surface area contributed by atoms with Gasteiger partial charge in [0.05, 0.1) is 0 Å². The van der Waals surface area contributed by atoms with Crippen molar-refractivity contribution < 1.29 is 31.4 Å². The number of benzene rings is 3. The van der Waals surface area contributed by atoms with Gasteiger partial charge in [-0.25, -0.2) is 4.39 Å². The number of alkyl halides is 5. The van der Waals surface area contributed by atoms with Gasteiger partial charge in [-0.2, -0.15) is 22.0 Å². The smallest absolute Gasteiger partial charge is 0.453 e. The van der Waals surface area contributed by atoms with E-state index in [1.165, 1.54) is 17.7 Å². The van der Waals surface area contributed by atoms with Crippen LogP contribution in [0.2, 0.25) is 0 Å². The number of halogens is 6. The lowest BCUT2D eigenvalue weighted by Crippen LogP contribution is -2.36. The average molecular weight is 567 g/mol. The number of hydrogen-bond donors (Lipinski definition) is 1. The number of unbranched alkanes of at least 4 members (excludes halogenated alkanes) is 7. The molecule has 0 aliphatic carbocycles. The van der Waals surface area contributed by atoms with Crippen LogP contribution in [0.5, 0.6) is 5.75 Å². The summed E-state index contributed by atoms with van der Waals surface area (Å²) in [6, 6.07) is 16.0. The molecule has 7 heteroatoms. The minimum atomic E-state index is -5.45. The molecular formula is C33H40F6O. The van der Waals surface area contributed by atoms with Crippen LogP contribution in [0.4, 0.5) is 26.3 Å². The highest BCUT2D eigenvalue weighted by Gasteiger charge is 2.56. The van der Waals surface area contributed by atoms with E-state index in [1.807, 2.05) is 25.1 Å². The number of phenolic OH excluding ortho intramolecular Hbond substituents is 1. The van der Waals surface area contributed by atoms with Crippen LogP contribution in [-0.2, 0) is 6.42 Å². The molecule has 3 aromatic rings. The zero-order valence-corrected chi connectivity index (χ0v) is 23.2. The Bertz CT molecular complexity index is 1190. The fourth-order valence-electron chi connectivity index (χ4n) is 5.36. The molecule has 3 aromatic carbocycles. The van der Waals surface area contributed by atoms with Gasteiger partial charge in [-0.1, -0.05) is 95.0 Å². The zero-order valence-electron chi connectivity index (χ0n) is 23.2. The summed E-state index contributed by atoms with van der Waals surface area (Å²) in [7, 11) is 0. The van der Waals surface area contributed by atoms with Gasteiger partial charge in [-0.3, -0.25) is 0 Å². The number of aromatic hydroxyl groups is 1. The van der Waals surface area contributed by atoms with Crippen molar-refractivity contribution in [1.29, 1.82) is 0 Å². The third kappa shape index (κ3) is 9.45. The minimum absolute atomic E-state index is 0.111. The molecule has 0 fully saturated rings. The van der Waals surface area contributed by atoms with Gasteiger partial charge in [0.25, 0.3) is 0 Å². The first-order chi connectivity index (χ1) is 19.0. The molecule has 3 rings (SSSR count). The molecule has 0 aliphatic heterocycles. The van der Waals surface area contributed by atoms with Gasteiger partial charge in [0.1, 0.15) is 11.6 Å². The van der Waals surface area contributed by atoms with Crippen molar-refractivity contribution in [2.24, 2.45) is 5.92 Å². The summed E-state index contributed by atoms with van der Waals surface area (Å²) < 4.78 is 76.2. The summed E-state index contributed by atoms with van der Waals surface area (Å²) in [5.74, 6) is -4.47. The minimum Gasteiger partial charge on any atom is -0.508 e. The maximum absolute atomic E-state index is 13.5. The average Bonchev–Trinajstić information content (AvgIpc) is 2.89. The van der Waals surface area contributed by atoms with E-state index in [4.69, 9.17) is 0 Å². The van der Waals surface area contributed by atoms with Crippen LogP contribution in [0.3, 0.4) is 0 Å². The molecule has 0 aliphatic rings. The molecule has 0 heterocycles. The van der Waals surface area contributed by atoms with Gasteiger partial charge < -0.3 is 5.11 Å². The van der Waals surface area contributed by atoms with Crippen LogP contribution in [0.25, 0.3) is 21.9 Å². The molecule has 1 unspecified atom stereocenters. The van der Waals surface area contributed by atoms with E-state index in [1.54, 1.807) is 24.3 Å². The maximum Gasteiger partial charge on any atom is 0.453 e. The van der Waals surface area contributed by atoms with Crippen LogP contribution in [0.15, 0.2) is 54.6 Å². The van der Waals surface area contributed by atoms with Crippen LogP contribution < -0.4 is 0 Å². The SMILES string of the molecule is CC(CCCCCCCCCCc1c(-c2ccc(F)cc2)ccc2cc(O)ccc12)CCCC(F)(F)C(F)(F)F. The van der Waals surface area contributed by atoms with Crippen molar-refractivity contribution in [1.82, 2.24) is 0 Å². The molecule has 0 bridgehead atoms. The fraction of sp³-hybridized carbons (Fsp3) is 0.515. The molecule has 40 heavy (non-hydrogen) atoms. The number of fused-ring (bicyclic) bond motifs is 1. The quantitative estimate of drug-likeness (QED) is 0.135. The Morgan fingerprint density at radius 1 is 0.700 bits per heavy atom. The Morgan fingerprint density at radius 3 is 1.95 bits per heavy atom. The largest absolute Gasteiger partial charge is 0.508 e. The lowest BCUT2D eigenvalue weighted by Gasteiger charge is -2.20. The van der Waals surface area contributed by atoms with Crippen molar-refractivity contribution in [2.45, 2.75) is 102 Å². The van der Waals surface area contributed by atoms with E-state index in [2.05, 4.69) is 0 Å². The van der Waals surface area contributed by atoms with Crippen LogP contribution >= 0.6 is 0 Å². The molecule has 0 amide bonds. The third-order valence-corrected chi connectivity index (χ3v) is 7.75. The first-order valence-corrected chi connectivity index (χ1v) is 14.4. The van der Waals surface area contributed by atoms with E-state index in [-0.39, 0.29) is 23.9 Å². The van der Waals surface area contributed by atoms with E-state index in [0.29, 0.717) is 6.42 Å². The Kier molecular flexibility index (Phi) is 11.8. The summed E-state index contributed by atoms with van der Waals surface area (Å²) in [6.07, 6.45) is 4.08. The van der Waals surface area contributed by atoms with Crippen LogP contribution in [0.1, 0.15) is 89.5 Å². The highest BCUT2D eigenvalue weighted by molar-refractivity contribution is 5.92. The van der Waals surface area contributed by atoms with E-state index in [9.17, 15) is 31.4 Å². The van der Waals surface area contributed by atoms with Gasteiger partial charge in [0.2, 0.25) is 0 Å². The van der Waals surface area contributed by atoms with Gasteiger partial charge in [-0.05, 0) is 76.9 Å². The van der Waals surface area contributed by atoms with Crippen molar-refractivity contribution in [3.8, 4) is 16.9 Å². The van der Waals surface area contributed by atoms with E-state index < -0.39 is 18.5 Å². The molecule has 0 saturated carbocycles. The standard InChI is InChI=1S/C33H40F6O/c1-24(12-10-22-32(35,36)33(37,38)39)11-8-6-4-2-3-5-7-9-13-31-29(25-14-17-27(34)18-15-25)20-16-26-23-28(40)19-21-30(26)31/h14-21,23-24,40H,2-13,22H2,1H3. The summed E-state index contributed by atoms with van der Waals surface area (Å²) in [5.41, 5.74) is 3.27. The second-order valence-electron chi connectivity index (χ2n) is 11.1. The Labute approximate surface area is 233 Å². The zero-order chi connectivity index (χ0) is 29.2. The Morgan fingerprint density at radius 2 is 1.30 bits per heavy atom. The molecule has 1 N–H and O–H groups in total. The Balaban J connectivity index is 1.35. The molecule has 0 spiro atoms. The molecule has 0 aromatic heterocycles. The Hall–Kier alpha value is -2.70. The number of hydrogen-bond acceptors (Lipinski definition) is 1. The summed E-state index contributed by atoms with van der Waals surface area (Å²) in [4.78, 5) is 0. The number of rotatable bonds is 16. The van der Waals surface area contributed by atoms with Gasteiger partial charge in [0.15, 0.2) is 0 Å². The molecule has 1 nitrogen and oxygen atoms in total. The monoisotopic (exact) mass is 566 g/mol. The van der Waals surface area contributed by atoms with Crippen LogP contribution in [0, 0.1) is 11.7 Å². The lowest BCUT2D eigenvalue weighted by molar-refractivity contribution is -0.284. The summed E-state index contributed by atoms with van der Waals surface area (Å²) in [5, 5.41) is 12.0.